The molecule has 0 saturated carbocycles. The lowest BCUT2D eigenvalue weighted by molar-refractivity contribution is -0.168. The molecule has 8 aromatic carbocycles. The van der Waals surface area contributed by atoms with E-state index in [4.69, 9.17) is 18.9 Å². The minimum atomic E-state index is -0.351. The number of rotatable bonds is 12. The van der Waals surface area contributed by atoms with Gasteiger partial charge in [0.1, 0.15) is 0 Å². The van der Waals surface area contributed by atoms with E-state index in [0.29, 0.717) is 13.2 Å². The molecule has 2 saturated heterocycles. The molecule has 0 amide bonds. The van der Waals surface area contributed by atoms with E-state index in [1.807, 2.05) is 0 Å². The lowest BCUT2D eigenvalue weighted by Crippen LogP contribution is -2.32. The van der Waals surface area contributed by atoms with E-state index >= 15 is 0 Å². The molecule has 314 valence electrons. The van der Waals surface area contributed by atoms with Gasteiger partial charge in [-0.3, -0.25) is 0 Å². The van der Waals surface area contributed by atoms with E-state index < -0.39 is 0 Å². The molecule has 11 rings (SSSR count). The number of fused-ring (bicyclic) bond motifs is 5. The van der Waals surface area contributed by atoms with Gasteiger partial charge in [0.05, 0.1) is 13.2 Å². The summed E-state index contributed by atoms with van der Waals surface area (Å²) in [5.41, 5.74) is 14.7. The van der Waals surface area contributed by atoms with Crippen molar-refractivity contribution in [2.75, 3.05) is 26.4 Å². The first-order valence-electron chi connectivity index (χ1n) is 23.1. The highest BCUT2D eigenvalue weighted by Gasteiger charge is 2.43. The van der Waals surface area contributed by atoms with Crippen molar-refractivity contribution in [2.45, 2.75) is 69.4 Å². The molecular weight excluding hydrogens is 773 g/mol. The van der Waals surface area contributed by atoms with Crippen LogP contribution in [0.25, 0.3) is 77.2 Å². The van der Waals surface area contributed by atoms with Crippen LogP contribution in [0, 0.1) is 0 Å². The van der Waals surface area contributed by atoms with E-state index in [2.05, 4.69) is 170 Å². The van der Waals surface area contributed by atoms with Crippen LogP contribution in [-0.2, 0) is 24.4 Å². The monoisotopic (exact) mass is 826 g/mol. The minimum Gasteiger partial charge on any atom is -0.353 e. The topological polar surface area (TPSA) is 36.9 Å². The Balaban J connectivity index is 0.960. The van der Waals surface area contributed by atoms with Crippen molar-refractivity contribution in [1.82, 2.24) is 0 Å². The van der Waals surface area contributed by atoms with E-state index in [0.717, 1.165) is 64.6 Å². The highest BCUT2D eigenvalue weighted by Crippen LogP contribution is 2.55. The number of ether oxygens (including phenoxy) is 4. The fourth-order valence-electron chi connectivity index (χ4n) is 10.4. The Morgan fingerprint density at radius 2 is 0.746 bits per heavy atom. The van der Waals surface area contributed by atoms with Gasteiger partial charge < -0.3 is 18.9 Å². The van der Waals surface area contributed by atoms with Crippen LogP contribution in [-0.4, -0.2) is 39.0 Å². The van der Waals surface area contributed by atoms with E-state index in [1.54, 1.807) is 0 Å². The molecule has 2 aliphatic heterocycles. The molecule has 4 heteroatoms. The van der Waals surface area contributed by atoms with Crippen molar-refractivity contribution >= 4 is 21.5 Å². The first-order valence-corrected chi connectivity index (χ1v) is 23.1. The number of hydrogen-bond donors (Lipinski definition) is 0. The van der Waals surface area contributed by atoms with Crippen molar-refractivity contribution in [2.24, 2.45) is 0 Å². The van der Waals surface area contributed by atoms with Crippen LogP contribution < -0.4 is 0 Å². The summed E-state index contributed by atoms with van der Waals surface area (Å²) in [7, 11) is 0. The van der Waals surface area contributed by atoms with Crippen molar-refractivity contribution < 1.29 is 18.9 Å². The van der Waals surface area contributed by atoms with Crippen LogP contribution in [0.5, 0.6) is 0 Å². The maximum absolute atomic E-state index is 6.60. The normalized spacial score (nSPS) is 18.0. The van der Waals surface area contributed by atoms with Crippen molar-refractivity contribution in [1.29, 1.82) is 0 Å². The molecule has 0 radical (unpaired) electrons. The molecule has 0 aromatic heterocycles. The van der Waals surface area contributed by atoms with Crippen molar-refractivity contribution in [3.8, 4) is 55.6 Å². The van der Waals surface area contributed by atoms with Gasteiger partial charge in [-0.2, -0.15) is 0 Å². The summed E-state index contributed by atoms with van der Waals surface area (Å²) in [5.74, 6) is 0. The molecule has 0 bridgehead atoms. The molecule has 63 heavy (non-hydrogen) atoms. The van der Waals surface area contributed by atoms with Gasteiger partial charge in [0.25, 0.3) is 0 Å². The van der Waals surface area contributed by atoms with E-state index in [1.165, 1.54) is 88.3 Å². The van der Waals surface area contributed by atoms with Crippen molar-refractivity contribution in [3.63, 3.8) is 0 Å². The quantitative estimate of drug-likeness (QED) is 0.123. The summed E-state index contributed by atoms with van der Waals surface area (Å²) in [6, 6.07) is 63.1. The molecule has 3 aliphatic rings. The lowest BCUT2D eigenvalue weighted by Gasteiger charge is -2.34. The lowest BCUT2D eigenvalue weighted by atomic mass is 9.72. The Hall–Kier alpha value is -5.88. The zero-order valence-electron chi connectivity index (χ0n) is 35.9. The standard InChI is InChI=1S/C59H54O4/c1-3-11-47-37-49(25-23-41(47)9-1)43-15-19-45(20-16-43)51-27-29-53-54-30-28-52(46-21-17-44(18-22-46)50-26-24-42-10-2-4-12-48(42)38-50)40-56(54)59(55(53)39-51,31-35-62-57-13-5-7-33-60-57)32-36-63-58-14-6-8-34-61-58/h1-4,9-12,15-30,37-40,57-58H,5-8,13-14,31-36H2. The van der Waals surface area contributed by atoms with Gasteiger partial charge in [-0.25, -0.2) is 0 Å². The van der Waals surface area contributed by atoms with Gasteiger partial charge in [-0.1, -0.05) is 146 Å². The van der Waals surface area contributed by atoms with E-state index in [9.17, 15) is 0 Å². The average molecular weight is 827 g/mol. The second-order valence-corrected chi connectivity index (χ2v) is 17.7. The second kappa shape index (κ2) is 17.7. The fourth-order valence-corrected chi connectivity index (χ4v) is 10.4. The fraction of sp³-hybridized carbons (Fsp3) is 0.254. The van der Waals surface area contributed by atoms with Crippen LogP contribution in [0.4, 0.5) is 0 Å². The third kappa shape index (κ3) is 8.14. The molecule has 8 aromatic rings. The molecule has 0 spiro atoms. The van der Waals surface area contributed by atoms with Crippen molar-refractivity contribution in [3.05, 3.63) is 181 Å². The smallest absolute Gasteiger partial charge is 0.157 e. The summed E-state index contributed by atoms with van der Waals surface area (Å²) in [6.45, 7) is 2.73. The molecular formula is C59H54O4. The first kappa shape index (κ1) is 39.9. The summed E-state index contributed by atoms with van der Waals surface area (Å²) < 4.78 is 25.4. The number of hydrogen-bond acceptors (Lipinski definition) is 4. The summed E-state index contributed by atoms with van der Waals surface area (Å²) in [6.07, 6.45) is 7.71. The van der Waals surface area contributed by atoms with Gasteiger partial charge in [0, 0.05) is 18.6 Å². The first-order chi connectivity index (χ1) is 31.2. The van der Waals surface area contributed by atoms with Crippen LogP contribution in [0.1, 0.15) is 62.5 Å². The third-order valence-corrected chi connectivity index (χ3v) is 13.9. The average Bonchev–Trinajstić information content (AvgIpc) is 3.62. The molecule has 2 atom stereocenters. The Labute approximate surface area is 371 Å². The van der Waals surface area contributed by atoms with Gasteiger partial charge in [0.15, 0.2) is 12.6 Å². The maximum Gasteiger partial charge on any atom is 0.157 e. The largest absolute Gasteiger partial charge is 0.353 e. The van der Waals surface area contributed by atoms with Gasteiger partial charge in [-0.05, 0) is 164 Å². The summed E-state index contributed by atoms with van der Waals surface area (Å²) >= 11 is 0. The zero-order valence-corrected chi connectivity index (χ0v) is 35.9. The SMILES string of the molecule is c1ccc2cc(-c3ccc(-c4ccc5c(c4)C(CCOC4CCCCO4)(CCOC4CCCCO4)c4cc(-c6ccc(-c7ccc8ccccc8c7)cc6)ccc4-5)cc3)ccc2c1. The predicted molar refractivity (Wildman–Crippen MR) is 258 cm³/mol. The molecule has 2 unspecified atom stereocenters. The highest BCUT2D eigenvalue weighted by molar-refractivity contribution is 5.90. The highest BCUT2D eigenvalue weighted by atomic mass is 16.7. The van der Waals surface area contributed by atoms with Crippen LogP contribution in [0.2, 0.25) is 0 Å². The molecule has 2 fully saturated rings. The Kier molecular flexibility index (Phi) is 11.2. The van der Waals surface area contributed by atoms with Gasteiger partial charge >= 0.3 is 0 Å². The Bertz CT molecular complexity index is 2670. The third-order valence-electron chi connectivity index (χ3n) is 13.9. The molecule has 1 aliphatic carbocycles. The summed E-state index contributed by atoms with van der Waals surface area (Å²) in [4.78, 5) is 0. The Morgan fingerprint density at radius 3 is 1.14 bits per heavy atom. The van der Waals surface area contributed by atoms with E-state index in [-0.39, 0.29) is 18.0 Å². The zero-order chi connectivity index (χ0) is 42.0. The predicted octanol–water partition coefficient (Wildman–Crippen LogP) is 14.8. The second-order valence-electron chi connectivity index (χ2n) is 17.7. The van der Waals surface area contributed by atoms with Crippen LogP contribution in [0.3, 0.4) is 0 Å². The number of benzene rings is 8. The molecule has 4 nitrogen and oxygen atoms in total. The Morgan fingerprint density at radius 1 is 0.381 bits per heavy atom. The molecule has 0 N–H and O–H groups in total. The van der Waals surface area contributed by atoms with Gasteiger partial charge in [-0.15, -0.1) is 0 Å². The van der Waals surface area contributed by atoms with Crippen LogP contribution >= 0.6 is 0 Å². The molecule has 2 heterocycles. The van der Waals surface area contributed by atoms with Crippen LogP contribution in [0.15, 0.2) is 170 Å². The van der Waals surface area contributed by atoms with Gasteiger partial charge in [0.2, 0.25) is 0 Å². The maximum atomic E-state index is 6.60. The minimum absolute atomic E-state index is 0.150. The summed E-state index contributed by atoms with van der Waals surface area (Å²) in [5, 5.41) is 5.03.